The lowest BCUT2D eigenvalue weighted by atomic mass is 10.0. The fourth-order valence-electron chi connectivity index (χ4n) is 2.92. The number of hydrogen-bond acceptors (Lipinski definition) is 3. The van der Waals surface area contributed by atoms with Crippen LogP contribution >= 0.6 is 0 Å². The molecule has 1 heterocycles. The Morgan fingerprint density at radius 2 is 1.59 bits per heavy atom. The summed E-state index contributed by atoms with van der Waals surface area (Å²) in [5, 5.41) is 15.6. The van der Waals surface area contributed by atoms with Crippen molar-refractivity contribution in [2.45, 2.75) is 32.4 Å². The van der Waals surface area contributed by atoms with Crippen LogP contribution in [0.25, 0.3) is 21.8 Å². The second-order valence-corrected chi connectivity index (χ2v) is 5.70. The van der Waals surface area contributed by atoms with Gasteiger partial charge >= 0.3 is 0 Å². The molecule has 0 amide bonds. The van der Waals surface area contributed by atoms with Crippen LogP contribution in [0.15, 0.2) is 48.5 Å². The van der Waals surface area contributed by atoms with Gasteiger partial charge < -0.3 is 10.4 Å². The molecule has 3 aromatic rings. The monoisotopic (exact) mass is 294 g/mol. The molecule has 0 aliphatic carbocycles. The van der Waals surface area contributed by atoms with Crippen LogP contribution in [0.3, 0.4) is 0 Å². The Labute approximate surface area is 131 Å². The SMILES string of the molecule is CCCC(O)CNCc1c2ccccc2nc2ccccc12. The van der Waals surface area contributed by atoms with Gasteiger partial charge in [-0.25, -0.2) is 4.98 Å². The van der Waals surface area contributed by atoms with E-state index >= 15 is 0 Å². The number of nitrogens with zero attached hydrogens (tertiary/aromatic N) is 1. The summed E-state index contributed by atoms with van der Waals surface area (Å²) in [6, 6.07) is 16.5. The van der Waals surface area contributed by atoms with Crippen molar-refractivity contribution in [1.29, 1.82) is 0 Å². The van der Waals surface area contributed by atoms with Crippen molar-refractivity contribution in [3.63, 3.8) is 0 Å². The van der Waals surface area contributed by atoms with E-state index in [0.717, 1.165) is 30.4 Å². The number of rotatable bonds is 6. The van der Waals surface area contributed by atoms with Crippen molar-refractivity contribution in [3.8, 4) is 0 Å². The lowest BCUT2D eigenvalue weighted by Gasteiger charge is -2.14. The van der Waals surface area contributed by atoms with Crippen LogP contribution in [0.2, 0.25) is 0 Å². The van der Waals surface area contributed by atoms with Crippen molar-refractivity contribution in [3.05, 3.63) is 54.1 Å². The first-order chi connectivity index (χ1) is 10.8. The minimum Gasteiger partial charge on any atom is -0.392 e. The quantitative estimate of drug-likeness (QED) is 0.682. The predicted octanol–water partition coefficient (Wildman–Crippen LogP) is 3.64. The topological polar surface area (TPSA) is 45.1 Å². The van der Waals surface area contributed by atoms with Gasteiger partial charge in [-0.1, -0.05) is 49.7 Å². The van der Waals surface area contributed by atoms with Crippen LogP contribution in [0.4, 0.5) is 0 Å². The molecule has 0 aliphatic rings. The van der Waals surface area contributed by atoms with Gasteiger partial charge in [0.2, 0.25) is 0 Å². The van der Waals surface area contributed by atoms with Gasteiger partial charge in [-0.15, -0.1) is 0 Å². The molecule has 3 nitrogen and oxygen atoms in total. The highest BCUT2D eigenvalue weighted by atomic mass is 16.3. The zero-order chi connectivity index (χ0) is 15.4. The number of aliphatic hydroxyl groups is 1. The van der Waals surface area contributed by atoms with Gasteiger partial charge in [0.1, 0.15) is 0 Å². The molecule has 3 rings (SSSR count). The van der Waals surface area contributed by atoms with Crippen LogP contribution in [-0.2, 0) is 6.54 Å². The number of benzene rings is 2. The second-order valence-electron chi connectivity index (χ2n) is 5.70. The Morgan fingerprint density at radius 3 is 2.18 bits per heavy atom. The van der Waals surface area contributed by atoms with Gasteiger partial charge in [0.25, 0.3) is 0 Å². The smallest absolute Gasteiger partial charge is 0.0713 e. The number of hydrogen-bond donors (Lipinski definition) is 2. The average molecular weight is 294 g/mol. The molecular weight excluding hydrogens is 272 g/mol. The molecule has 0 bridgehead atoms. The molecule has 3 heteroatoms. The predicted molar refractivity (Wildman–Crippen MR) is 91.9 cm³/mol. The Morgan fingerprint density at radius 1 is 1.00 bits per heavy atom. The number of para-hydroxylation sites is 2. The molecule has 1 aromatic heterocycles. The van der Waals surface area contributed by atoms with Gasteiger partial charge in [-0.3, -0.25) is 0 Å². The van der Waals surface area contributed by atoms with Crippen molar-refractivity contribution in [2.75, 3.05) is 6.54 Å². The molecule has 1 atom stereocenters. The molecule has 2 aromatic carbocycles. The number of fused-ring (bicyclic) bond motifs is 2. The Kier molecular flexibility index (Phi) is 4.66. The van der Waals surface area contributed by atoms with E-state index in [4.69, 9.17) is 4.98 Å². The molecular formula is C19H22N2O. The van der Waals surface area contributed by atoms with Gasteiger partial charge in [0.05, 0.1) is 17.1 Å². The molecule has 0 saturated carbocycles. The fourth-order valence-corrected chi connectivity index (χ4v) is 2.92. The summed E-state index contributed by atoms with van der Waals surface area (Å²) in [5.41, 5.74) is 3.30. The van der Waals surface area contributed by atoms with Crippen LogP contribution in [0, 0.1) is 0 Å². The van der Waals surface area contributed by atoms with Crippen LogP contribution < -0.4 is 5.32 Å². The van der Waals surface area contributed by atoms with E-state index in [2.05, 4.69) is 36.5 Å². The third kappa shape index (κ3) is 3.11. The molecule has 0 aliphatic heterocycles. The molecule has 2 N–H and O–H groups in total. The molecule has 0 radical (unpaired) electrons. The van der Waals surface area contributed by atoms with Gasteiger partial charge in [0, 0.05) is 23.9 Å². The Hall–Kier alpha value is -1.97. The largest absolute Gasteiger partial charge is 0.392 e. The van der Waals surface area contributed by atoms with Gasteiger partial charge in [-0.2, -0.15) is 0 Å². The summed E-state index contributed by atoms with van der Waals surface area (Å²) in [6.45, 7) is 3.45. The summed E-state index contributed by atoms with van der Waals surface area (Å²) in [7, 11) is 0. The maximum absolute atomic E-state index is 9.88. The van der Waals surface area contributed by atoms with E-state index < -0.39 is 0 Å². The first kappa shape index (κ1) is 14.9. The lowest BCUT2D eigenvalue weighted by molar-refractivity contribution is 0.160. The van der Waals surface area contributed by atoms with E-state index in [1.165, 1.54) is 16.3 Å². The maximum atomic E-state index is 9.88. The molecule has 114 valence electrons. The first-order valence-corrected chi connectivity index (χ1v) is 7.94. The average Bonchev–Trinajstić information content (AvgIpc) is 2.54. The highest BCUT2D eigenvalue weighted by molar-refractivity contribution is 5.97. The standard InChI is InChI=1S/C19H22N2O/c1-2-7-14(22)12-20-13-17-15-8-3-5-10-18(15)21-19-11-6-4-9-16(17)19/h3-6,8-11,14,20,22H,2,7,12-13H2,1H3. The van der Waals surface area contributed by atoms with Crippen molar-refractivity contribution < 1.29 is 5.11 Å². The third-order valence-corrected chi connectivity index (χ3v) is 4.00. The second kappa shape index (κ2) is 6.86. The van der Waals surface area contributed by atoms with E-state index in [1.54, 1.807) is 0 Å². The first-order valence-electron chi connectivity index (χ1n) is 7.94. The molecule has 22 heavy (non-hydrogen) atoms. The van der Waals surface area contributed by atoms with Crippen molar-refractivity contribution in [1.82, 2.24) is 10.3 Å². The normalized spacial score (nSPS) is 12.8. The van der Waals surface area contributed by atoms with Gasteiger partial charge in [0.15, 0.2) is 0 Å². The van der Waals surface area contributed by atoms with Crippen LogP contribution in [-0.4, -0.2) is 22.7 Å². The lowest BCUT2D eigenvalue weighted by Crippen LogP contribution is -2.26. The number of nitrogens with one attached hydrogen (secondary N) is 1. The Balaban J connectivity index is 1.94. The Bertz CT molecular complexity index is 716. The number of aliphatic hydroxyl groups excluding tert-OH is 1. The van der Waals surface area contributed by atoms with Crippen molar-refractivity contribution in [2.24, 2.45) is 0 Å². The summed E-state index contributed by atoms with van der Waals surface area (Å²) in [5.74, 6) is 0. The molecule has 0 spiro atoms. The molecule has 1 unspecified atom stereocenters. The van der Waals surface area contributed by atoms with E-state index in [1.807, 2.05) is 24.3 Å². The minimum atomic E-state index is -0.274. The highest BCUT2D eigenvalue weighted by Gasteiger charge is 2.09. The number of pyridine rings is 1. The zero-order valence-corrected chi connectivity index (χ0v) is 12.9. The molecule has 0 saturated heterocycles. The maximum Gasteiger partial charge on any atom is 0.0713 e. The van der Waals surface area contributed by atoms with E-state index in [-0.39, 0.29) is 6.10 Å². The molecule has 0 fully saturated rings. The van der Waals surface area contributed by atoms with E-state index in [9.17, 15) is 5.11 Å². The van der Waals surface area contributed by atoms with E-state index in [0.29, 0.717) is 6.54 Å². The zero-order valence-electron chi connectivity index (χ0n) is 12.9. The minimum absolute atomic E-state index is 0.274. The summed E-state index contributed by atoms with van der Waals surface area (Å²) in [4.78, 5) is 4.73. The summed E-state index contributed by atoms with van der Waals surface area (Å²) >= 11 is 0. The fraction of sp³-hybridized carbons (Fsp3) is 0.316. The summed E-state index contributed by atoms with van der Waals surface area (Å²) < 4.78 is 0. The highest BCUT2D eigenvalue weighted by Crippen LogP contribution is 2.25. The third-order valence-electron chi connectivity index (χ3n) is 4.00. The van der Waals surface area contributed by atoms with Crippen LogP contribution in [0.1, 0.15) is 25.3 Å². The van der Waals surface area contributed by atoms with Crippen molar-refractivity contribution >= 4 is 21.8 Å². The van der Waals surface area contributed by atoms with Gasteiger partial charge in [-0.05, 0) is 24.1 Å². The van der Waals surface area contributed by atoms with Crippen LogP contribution in [0.5, 0.6) is 0 Å². The number of aromatic nitrogens is 1. The summed E-state index contributed by atoms with van der Waals surface area (Å²) in [6.07, 6.45) is 1.57.